The molecule has 1 amide bonds. The van der Waals surface area contributed by atoms with Gasteiger partial charge in [-0.05, 0) is 33.8 Å². The quantitative estimate of drug-likeness (QED) is 0.792. The summed E-state index contributed by atoms with van der Waals surface area (Å²) in [6.45, 7) is 7.87. The third-order valence-electron chi connectivity index (χ3n) is 4.05. The molecule has 0 saturated carbocycles. The van der Waals surface area contributed by atoms with Crippen molar-refractivity contribution in [3.05, 3.63) is 30.5 Å². The van der Waals surface area contributed by atoms with E-state index in [0.29, 0.717) is 10.9 Å². The fourth-order valence-corrected chi connectivity index (χ4v) is 4.28. The van der Waals surface area contributed by atoms with Crippen LogP contribution >= 0.6 is 0 Å². The van der Waals surface area contributed by atoms with Gasteiger partial charge in [0.2, 0.25) is 5.91 Å². The van der Waals surface area contributed by atoms with Gasteiger partial charge in [0.1, 0.15) is 12.3 Å². The Kier molecular flexibility index (Phi) is 5.53. The molecule has 25 heavy (non-hydrogen) atoms. The maximum Gasteiger partial charge on any atom is 0.242 e. The largest absolute Gasteiger partial charge is 0.337 e. The maximum atomic E-state index is 12.7. The molecule has 0 radical (unpaired) electrons. The van der Waals surface area contributed by atoms with Crippen molar-refractivity contribution in [3.63, 3.8) is 0 Å². The van der Waals surface area contributed by atoms with Crippen molar-refractivity contribution < 1.29 is 13.2 Å². The van der Waals surface area contributed by atoms with Gasteiger partial charge in [-0.2, -0.15) is 5.26 Å². The Morgan fingerprint density at radius 3 is 2.36 bits per heavy atom. The van der Waals surface area contributed by atoms with Gasteiger partial charge in [-0.1, -0.05) is 18.2 Å². The van der Waals surface area contributed by atoms with Crippen LogP contribution in [0, 0.1) is 11.3 Å². The van der Waals surface area contributed by atoms with Crippen molar-refractivity contribution in [2.24, 2.45) is 0 Å². The van der Waals surface area contributed by atoms with Crippen molar-refractivity contribution in [1.29, 1.82) is 5.26 Å². The van der Waals surface area contributed by atoms with Gasteiger partial charge in [-0.3, -0.25) is 4.79 Å². The molecule has 0 saturated heterocycles. The van der Waals surface area contributed by atoms with Gasteiger partial charge in [0.15, 0.2) is 9.84 Å². The minimum Gasteiger partial charge on any atom is -0.337 e. The molecule has 7 heteroatoms. The Bertz CT molecular complexity index is 913. The standard InChI is InChI=1S/C18H23N3O3S/c1-13(2)21(14(3)4)18(22)12-20-11-17(25(23,24)10-9-19)15-7-5-6-8-16(15)20/h5-8,11,13-14H,10,12H2,1-4H3. The summed E-state index contributed by atoms with van der Waals surface area (Å²) in [6.07, 6.45) is 1.47. The molecule has 134 valence electrons. The Balaban J connectivity index is 2.50. The second-order valence-corrected chi connectivity index (χ2v) is 8.50. The lowest BCUT2D eigenvalue weighted by Crippen LogP contribution is -2.43. The van der Waals surface area contributed by atoms with Gasteiger partial charge in [-0.25, -0.2) is 8.42 Å². The first-order chi connectivity index (χ1) is 11.7. The van der Waals surface area contributed by atoms with Crippen LogP contribution in [0.1, 0.15) is 27.7 Å². The average Bonchev–Trinajstić information content (AvgIpc) is 2.86. The fraction of sp³-hybridized carbons (Fsp3) is 0.444. The number of para-hydroxylation sites is 1. The molecule has 0 N–H and O–H groups in total. The van der Waals surface area contributed by atoms with E-state index in [9.17, 15) is 13.2 Å². The molecule has 0 aliphatic rings. The number of carbonyl (C=O) groups is 1. The zero-order valence-corrected chi connectivity index (χ0v) is 15.7. The van der Waals surface area contributed by atoms with Crippen LogP contribution in [0.4, 0.5) is 0 Å². The number of nitrogens with zero attached hydrogens (tertiary/aromatic N) is 3. The van der Waals surface area contributed by atoms with Gasteiger partial charge < -0.3 is 9.47 Å². The van der Waals surface area contributed by atoms with E-state index >= 15 is 0 Å². The molecule has 6 nitrogen and oxygen atoms in total. The molecule has 2 aromatic rings. The first kappa shape index (κ1) is 19.0. The lowest BCUT2D eigenvalue weighted by atomic mass is 10.2. The Hall–Kier alpha value is -2.33. The molecule has 0 aliphatic heterocycles. The first-order valence-corrected chi connectivity index (χ1v) is 9.83. The molecule has 0 unspecified atom stereocenters. The number of fused-ring (bicyclic) bond motifs is 1. The van der Waals surface area contributed by atoms with E-state index in [-0.39, 0.29) is 29.4 Å². The summed E-state index contributed by atoms with van der Waals surface area (Å²) in [7, 11) is -3.71. The molecule has 0 atom stereocenters. The molecule has 2 rings (SSSR count). The number of hydrogen-bond donors (Lipinski definition) is 0. The maximum absolute atomic E-state index is 12.7. The fourth-order valence-electron chi connectivity index (χ4n) is 3.15. The van der Waals surface area contributed by atoms with E-state index < -0.39 is 15.6 Å². The van der Waals surface area contributed by atoms with Crippen molar-refractivity contribution in [1.82, 2.24) is 9.47 Å². The van der Waals surface area contributed by atoms with Crippen LogP contribution < -0.4 is 0 Å². The van der Waals surface area contributed by atoms with Gasteiger partial charge in [0, 0.05) is 29.2 Å². The van der Waals surface area contributed by atoms with E-state index in [1.54, 1.807) is 39.8 Å². The molecular weight excluding hydrogens is 338 g/mol. The number of nitriles is 1. The highest BCUT2D eigenvalue weighted by Crippen LogP contribution is 2.26. The predicted octanol–water partition coefficient (Wildman–Crippen LogP) is 2.58. The zero-order valence-electron chi connectivity index (χ0n) is 14.9. The van der Waals surface area contributed by atoms with Crippen molar-refractivity contribution >= 4 is 26.6 Å². The topological polar surface area (TPSA) is 83.2 Å². The van der Waals surface area contributed by atoms with Crippen LogP contribution in [0.3, 0.4) is 0 Å². The Morgan fingerprint density at radius 2 is 1.80 bits per heavy atom. The van der Waals surface area contributed by atoms with Crippen LogP contribution in [0.2, 0.25) is 0 Å². The second kappa shape index (κ2) is 7.28. The van der Waals surface area contributed by atoms with Crippen LogP contribution in [-0.2, 0) is 21.2 Å². The van der Waals surface area contributed by atoms with E-state index in [0.717, 1.165) is 0 Å². The van der Waals surface area contributed by atoms with Crippen molar-refractivity contribution in [2.45, 2.75) is 51.2 Å². The number of carbonyl (C=O) groups excluding carboxylic acids is 1. The average molecular weight is 361 g/mol. The van der Waals surface area contributed by atoms with Crippen molar-refractivity contribution in [2.75, 3.05) is 5.75 Å². The third kappa shape index (κ3) is 3.85. The molecule has 0 fully saturated rings. The molecule has 1 aromatic carbocycles. The van der Waals surface area contributed by atoms with Crippen LogP contribution in [0.15, 0.2) is 35.4 Å². The van der Waals surface area contributed by atoms with E-state index in [1.807, 2.05) is 27.7 Å². The van der Waals surface area contributed by atoms with Crippen LogP contribution in [0.25, 0.3) is 10.9 Å². The Morgan fingerprint density at radius 1 is 1.20 bits per heavy atom. The highest BCUT2D eigenvalue weighted by molar-refractivity contribution is 7.91. The van der Waals surface area contributed by atoms with Gasteiger partial charge in [-0.15, -0.1) is 0 Å². The Labute approximate surface area is 148 Å². The number of benzene rings is 1. The highest BCUT2D eigenvalue weighted by atomic mass is 32.2. The zero-order chi connectivity index (χ0) is 18.8. The molecule has 0 spiro atoms. The summed E-state index contributed by atoms with van der Waals surface area (Å²) < 4.78 is 26.4. The van der Waals surface area contributed by atoms with Crippen molar-refractivity contribution in [3.8, 4) is 6.07 Å². The molecule has 1 heterocycles. The normalized spacial score (nSPS) is 11.9. The lowest BCUT2D eigenvalue weighted by Gasteiger charge is -2.31. The molecule has 1 aromatic heterocycles. The molecule has 0 aliphatic carbocycles. The minimum absolute atomic E-state index is 0.0520. The lowest BCUT2D eigenvalue weighted by molar-refractivity contribution is -0.135. The molecule has 0 bridgehead atoms. The van der Waals surface area contributed by atoms with E-state index in [2.05, 4.69) is 0 Å². The van der Waals surface area contributed by atoms with E-state index in [1.165, 1.54) is 6.20 Å². The SMILES string of the molecule is CC(C)N(C(=O)Cn1cc(S(=O)(=O)CC#N)c2ccccc21)C(C)C. The smallest absolute Gasteiger partial charge is 0.242 e. The minimum atomic E-state index is -3.71. The second-order valence-electron chi connectivity index (χ2n) is 6.54. The summed E-state index contributed by atoms with van der Waals surface area (Å²) in [4.78, 5) is 14.6. The summed E-state index contributed by atoms with van der Waals surface area (Å²) in [5.74, 6) is -0.658. The number of amides is 1. The number of sulfone groups is 1. The third-order valence-corrected chi connectivity index (χ3v) is 5.55. The summed E-state index contributed by atoms with van der Waals surface area (Å²) in [6, 6.07) is 8.82. The number of aromatic nitrogens is 1. The van der Waals surface area contributed by atoms with Gasteiger partial charge >= 0.3 is 0 Å². The molecular formula is C18H23N3O3S. The highest BCUT2D eigenvalue weighted by Gasteiger charge is 2.24. The number of rotatable bonds is 6. The monoisotopic (exact) mass is 361 g/mol. The summed E-state index contributed by atoms with van der Waals surface area (Å²) in [5, 5.41) is 9.32. The predicted molar refractivity (Wildman–Crippen MR) is 96.7 cm³/mol. The van der Waals surface area contributed by atoms with Gasteiger partial charge in [0.05, 0.1) is 11.0 Å². The number of hydrogen-bond acceptors (Lipinski definition) is 4. The van der Waals surface area contributed by atoms with E-state index in [4.69, 9.17) is 5.26 Å². The van der Waals surface area contributed by atoms with Crippen LogP contribution in [0.5, 0.6) is 0 Å². The first-order valence-electron chi connectivity index (χ1n) is 8.17. The van der Waals surface area contributed by atoms with Crippen LogP contribution in [-0.4, -0.2) is 41.6 Å². The summed E-state index contributed by atoms with van der Waals surface area (Å²) in [5.41, 5.74) is 0.667. The summed E-state index contributed by atoms with van der Waals surface area (Å²) >= 11 is 0. The van der Waals surface area contributed by atoms with Gasteiger partial charge in [0.25, 0.3) is 0 Å².